The summed E-state index contributed by atoms with van der Waals surface area (Å²) < 4.78 is 5.12. The topological polar surface area (TPSA) is 101 Å². The lowest BCUT2D eigenvalue weighted by molar-refractivity contribution is 0.0946. The summed E-state index contributed by atoms with van der Waals surface area (Å²) in [6.45, 7) is 7.80. The third-order valence-electron chi connectivity index (χ3n) is 3.26. The van der Waals surface area contributed by atoms with Gasteiger partial charge in [-0.1, -0.05) is 12.1 Å². The second-order valence-electron chi connectivity index (χ2n) is 5.10. The fourth-order valence-corrected chi connectivity index (χ4v) is 2.33. The Labute approximate surface area is 121 Å². The predicted molar refractivity (Wildman–Crippen MR) is 76.3 cm³/mol. The van der Waals surface area contributed by atoms with E-state index in [-0.39, 0.29) is 17.5 Å². The fourth-order valence-electron chi connectivity index (χ4n) is 2.33. The summed E-state index contributed by atoms with van der Waals surface area (Å²) in [6.07, 6.45) is 0. The van der Waals surface area contributed by atoms with E-state index in [9.17, 15) is 9.59 Å². The van der Waals surface area contributed by atoms with Crippen molar-refractivity contribution in [3.63, 3.8) is 0 Å². The molecule has 0 fully saturated rings. The van der Waals surface area contributed by atoms with Crippen LogP contribution in [0.15, 0.2) is 15.4 Å². The third-order valence-corrected chi connectivity index (χ3v) is 3.26. The Bertz CT molecular complexity index is 698. The van der Waals surface area contributed by atoms with Crippen LogP contribution in [0.4, 0.5) is 0 Å². The van der Waals surface area contributed by atoms with Crippen molar-refractivity contribution in [1.82, 2.24) is 20.4 Å². The van der Waals surface area contributed by atoms with Gasteiger partial charge in [0.25, 0.3) is 5.91 Å². The van der Waals surface area contributed by atoms with Crippen molar-refractivity contribution in [2.75, 3.05) is 6.54 Å². The summed E-state index contributed by atoms with van der Waals surface area (Å²) in [5, 5.41) is 6.67. The molecule has 7 heteroatoms. The van der Waals surface area contributed by atoms with E-state index in [0.717, 1.165) is 17.0 Å². The first-order chi connectivity index (χ1) is 9.88. The Balaban J connectivity index is 2.06. The number of amides is 1. The maximum Gasteiger partial charge on any atom is 0.345 e. The molecule has 7 nitrogen and oxygen atoms in total. The first-order valence-electron chi connectivity index (χ1n) is 6.67. The van der Waals surface area contributed by atoms with Crippen LogP contribution in [-0.2, 0) is 0 Å². The number of carbonyl (C=O) groups excluding carboxylic acids is 1. The number of nitrogens with zero attached hydrogens (tertiary/aromatic N) is 2. The van der Waals surface area contributed by atoms with Crippen LogP contribution in [0, 0.1) is 20.8 Å². The highest BCUT2D eigenvalue weighted by molar-refractivity contribution is 5.92. The molecule has 0 aliphatic rings. The molecule has 112 valence electrons. The van der Waals surface area contributed by atoms with Crippen LogP contribution in [0.2, 0.25) is 0 Å². The molecule has 2 N–H and O–H groups in total. The van der Waals surface area contributed by atoms with Crippen LogP contribution in [0.25, 0.3) is 0 Å². The maximum atomic E-state index is 12.0. The predicted octanol–water partition coefficient (Wildman–Crippen LogP) is 1.22. The highest BCUT2D eigenvalue weighted by atomic mass is 16.5. The van der Waals surface area contributed by atoms with Crippen molar-refractivity contribution >= 4 is 5.91 Å². The number of nitrogens with one attached hydrogen (secondary N) is 2. The molecule has 0 saturated carbocycles. The number of rotatable bonds is 4. The summed E-state index contributed by atoms with van der Waals surface area (Å²) in [5.41, 5.74) is 1.99. The van der Waals surface area contributed by atoms with Crippen molar-refractivity contribution in [3.05, 3.63) is 45.0 Å². The molecule has 21 heavy (non-hydrogen) atoms. The molecule has 1 unspecified atom stereocenters. The van der Waals surface area contributed by atoms with E-state index in [4.69, 9.17) is 4.52 Å². The van der Waals surface area contributed by atoms with E-state index in [0.29, 0.717) is 12.2 Å². The van der Waals surface area contributed by atoms with Gasteiger partial charge in [-0.05, 0) is 26.8 Å². The number of aromatic amines is 1. The first kappa shape index (κ1) is 15.0. The van der Waals surface area contributed by atoms with Crippen molar-refractivity contribution in [2.45, 2.75) is 33.6 Å². The number of hydrogen-bond donors (Lipinski definition) is 2. The Morgan fingerprint density at radius 3 is 2.71 bits per heavy atom. The fraction of sp³-hybridized carbons (Fsp3) is 0.429. The Morgan fingerprint density at radius 2 is 2.14 bits per heavy atom. The van der Waals surface area contributed by atoms with Gasteiger partial charge >= 0.3 is 5.69 Å². The molecule has 2 heterocycles. The summed E-state index contributed by atoms with van der Waals surface area (Å²) in [7, 11) is 0. The molecular formula is C14H18N4O3. The Kier molecular flexibility index (Phi) is 4.21. The molecule has 0 aliphatic heterocycles. The highest BCUT2D eigenvalue weighted by Crippen LogP contribution is 2.22. The molecule has 1 atom stereocenters. The van der Waals surface area contributed by atoms with Crippen LogP contribution < -0.4 is 11.0 Å². The van der Waals surface area contributed by atoms with Crippen LogP contribution in [0.3, 0.4) is 0 Å². The lowest BCUT2D eigenvalue weighted by Gasteiger charge is -2.12. The van der Waals surface area contributed by atoms with E-state index in [2.05, 4.69) is 20.4 Å². The minimum absolute atomic E-state index is 0.0586. The van der Waals surface area contributed by atoms with Gasteiger partial charge in [0.05, 0.1) is 5.69 Å². The molecule has 0 radical (unpaired) electrons. The van der Waals surface area contributed by atoms with Gasteiger partial charge in [-0.15, -0.1) is 0 Å². The molecule has 2 rings (SSSR count). The number of aromatic nitrogens is 3. The quantitative estimate of drug-likeness (QED) is 0.881. The Hall–Kier alpha value is -2.44. The summed E-state index contributed by atoms with van der Waals surface area (Å²) in [4.78, 5) is 29.4. The lowest BCUT2D eigenvalue weighted by atomic mass is 9.99. The number of hydrogen-bond acceptors (Lipinski definition) is 5. The number of aryl methyl sites for hydroxylation is 3. The molecule has 0 bridgehead atoms. The van der Waals surface area contributed by atoms with Gasteiger partial charge in [-0.2, -0.15) is 4.98 Å². The van der Waals surface area contributed by atoms with Crippen LogP contribution in [0.5, 0.6) is 0 Å². The summed E-state index contributed by atoms with van der Waals surface area (Å²) in [5.74, 6) is 0.436. The van der Waals surface area contributed by atoms with Crippen molar-refractivity contribution in [3.8, 4) is 0 Å². The zero-order valence-corrected chi connectivity index (χ0v) is 12.5. The summed E-state index contributed by atoms with van der Waals surface area (Å²) in [6, 6.07) is 1.54. The normalized spacial score (nSPS) is 12.2. The van der Waals surface area contributed by atoms with Crippen LogP contribution in [-0.4, -0.2) is 27.6 Å². The smallest absolute Gasteiger partial charge is 0.345 e. The second-order valence-corrected chi connectivity index (χ2v) is 5.10. The van der Waals surface area contributed by atoms with Gasteiger partial charge in [-0.3, -0.25) is 4.79 Å². The standard InChI is InChI=1S/C14H18N4O3/c1-7(12-9(3)18-21-10(12)4)6-15-13(19)11-5-8(2)16-14(20)17-11/h5,7H,6H2,1-4H3,(H,15,19)(H,16,17,20). The molecule has 0 saturated heterocycles. The average molecular weight is 290 g/mol. The van der Waals surface area contributed by atoms with E-state index in [1.165, 1.54) is 6.07 Å². The number of carbonyl (C=O) groups is 1. The van der Waals surface area contributed by atoms with Crippen molar-refractivity contribution in [2.24, 2.45) is 0 Å². The highest BCUT2D eigenvalue weighted by Gasteiger charge is 2.18. The minimum atomic E-state index is -0.529. The van der Waals surface area contributed by atoms with E-state index in [1.54, 1.807) is 6.92 Å². The maximum absolute atomic E-state index is 12.0. The van der Waals surface area contributed by atoms with Gasteiger partial charge in [0.1, 0.15) is 11.5 Å². The SMILES string of the molecule is Cc1cc(C(=O)NCC(C)c2c(C)noc2C)nc(=O)[nH]1. The third kappa shape index (κ3) is 3.36. The second kappa shape index (κ2) is 5.90. The molecule has 2 aromatic heterocycles. The minimum Gasteiger partial charge on any atom is -0.361 e. The van der Waals surface area contributed by atoms with Gasteiger partial charge in [0, 0.05) is 23.7 Å². The van der Waals surface area contributed by atoms with Crippen molar-refractivity contribution in [1.29, 1.82) is 0 Å². The van der Waals surface area contributed by atoms with Crippen molar-refractivity contribution < 1.29 is 9.32 Å². The summed E-state index contributed by atoms with van der Waals surface area (Å²) >= 11 is 0. The zero-order valence-electron chi connectivity index (χ0n) is 12.5. The van der Waals surface area contributed by atoms with Gasteiger partial charge in [-0.25, -0.2) is 4.79 Å². The lowest BCUT2D eigenvalue weighted by Crippen LogP contribution is -2.30. The monoisotopic (exact) mass is 290 g/mol. The Morgan fingerprint density at radius 1 is 1.43 bits per heavy atom. The largest absolute Gasteiger partial charge is 0.361 e. The average Bonchev–Trinajstić information content (AvgIpc) is 2.74. The van der Waals surface area contributed by atoms with Crippen LogP contribution in [0.1, 0.15) is 46.0 Å². The van der Waals surface area contributed by atoms with Gasteiger partial charge < -0.3 is 14.8 Å². The van der Waals surface area contributed by atoms with Crippen LogP contribution >= 0.6 is 0 Å². The zero-order chi connectivity index (χ0) is 15.6. The molecule has 1 amide bonds. The molecule has 0 aromatic carbocycles. The van der Waals surface area contributed by atoms with E-state index in [1.807, 2.05) is 20.8 Å². The molecule has 2 aromatic rings. The molecular weight excluding hydrogens is 272 g/mol. The number of H-pyrrole nitrogens is 1. The van der Waals surface area contributed by atoms with E-state index < -0.39 is 5.69 Å². The first-order valence-corrected chi connectivity index (χ1v) is 6.67. The van der Waals surface area contributed by atoms with E-state index >= 15 is 0 Å². The molecule has 0 spiro atoms. The van der Waals surface area contributed by atoms with Gasteiger partial charge in [0.2, 0.25) is 0 Å². The molecule has 0 aliphatic carbocycles. The van der Waals surface area contributed by atoms with Gasteiger partial charge in [0.15, 0.2) is 0 Å².